The highest BCUT2D eigenvalue weighted by atomic mass is 16.1. The quantitative estimate of drug-likeness (QED) is 0.503. The van der Waals surface area contributed by atoms with Crippen molar-refractivity contribution in [3.63, 3.8) is 0 Å². The average molecular weight is 114 g/mol. The van der Waals surface area contributed by atoms with Crippen LogP contribution in [0.2, 0.25) is 0 Å². The number of carbonyl (C=O) groups is 1. The second-order valence-corrected chi connectivity index (χ2v) is 1.60. The summed E-state index contributed by atoms with van der Waals surface area (Å²) in [4.78, 5) is 13.9. The Hall–Kier alpha value is -0.860. The number of aliphatic imine (C=N–C) groups is 1. The number of nitrogens with zero attached hydrogens (tertiary/aromatic N) is 1. The summed E-state index contributed by atoms with van der Waals surface area (Å²) in [6.45, 7) is 1.77. The van der Waals surface area contributed by atoms with Gasteiger partial charge in [-0.15, -0.1) is 0 Å². The van der Waals surface area contributed by atoms with Gasteiger partial charge >= 0.3 is 0 Å². The van der Waals surface area contributed by atoms with Gasteiger partial charge in [-0.05, 0) is 6.92 Å². The molecule has 8 heavy (non-hydrogen) atoms. The van der Waals surface area contributed by atoms with Crippen LogP contribution >= 0.6 is 0 Å². The van der Waals surface area contributed by atoms with Gasteiger partial charge in [0.15, 0.2) is 0 Å². The molecule has 0 saturated heterocycles. The minimum atomic E-state index is -0.326. The van der Waals surface area contributed by atoms with E-state index < -0.39 is 0 Å². The van der Waals surface area contributed by atoms with E-state index in [4.69, 9.17) is 5.73 Å². The number of hydrogen-bond acceptors (Lipinski definition) is 2. The zero-order valence-electron chi connectivity index (χ0n) is 5.14. The van der Waals surface area contributed by atoms with E-state index in [1.165, 1.54) is 0 Å². The van der Waals surface area contributed by atoms with Crippen LogP contribution in [-0.2, 0) is 4.79 Å². The van der Waals surface area contributed by atoms with Crippen molar-refractivity contribution in [1.29, 1.82) is 0 Å². The van der Waals surface area contributed by atoms with Gasteiger partial charge in [-0.2, -0.15) is 0 Å². The maximum atomic E-state index is 10.1. The Kier molecular flexibility index (Phi) is 2.84. The fraction of sp³-hybridized carbons (Fsp3) is 0.600. The summed E-state index contributed by atoms with van der Waals surface area (Å²) in [5.74, 6) is -0.326. The van der Waals surface area contributed by atoms with E-state index in [0.29, 0.717) is 0 Å². The van der Waals surface area contributed by atoms with E-state index in [9.17, 15) is 4.79 Å². The van der Waals surface area contributed by atoms with Crippen LogP contribution in [0.3, 0.4) is 0 Å². The molecule has 0 aliphatic heterocycles. The molecule has 3 heteroatoms. The number of rotatable bonds is 2. The van der Waals surface area contributed by atoms with Crippen LogP contribution in [0.25, 0.3) is 0 Å². The maximum Gasteiger partial charge on any atom is 0.223 e. The Bertz CT molecular complexity index is 118. The molecule has 0 bridgehead atoms. The van der Waals surface area contributed by atoms with Crippen molar-refractivity contribution >= 4 is 11.6 Å². The van der Waals surface area contributed by atoms with Crippen molar-refractivity contribution in [1.82, 2.24) is 0 Å². The van der Waals surface area contributed by atoms with Gasteiger partial charge in [0.05, 0.1) is 6.42 Å². The first kappa shape index (κ1) is 7.14. The highest BCUT2D eigenvalue weighted by Crippen LogP contribution is 1.80. The molecule has 0 fully saturated rings. The van der Waals surface area contributed by atoms with Crippen molar-refractivity contribution in [3.8, 4) is 0 Å². The molecule has 0 unspecified atom stereocenters. The summed E-state index contributed by atoms with van der Waals surface area (Å²) < 4.78 is 0. The topological polar surface area (TPSA) is 55.4 Å². The zero-order chi connectivity index (χ0) is 6.57. The van der Waals surface area contributed by atoms with Gasteiger partial charge in [-0.1, -0.05) is 0 Å². The summed E-state index contributed by atoms with van der Waals surface area (Å²) in [7, 11) is 1.64. The number of nitrogens with two attached hydrogens (primary N) is 1. The Morgan fingerprint density at radius 1 is 1.75 bits per heavy atom. The third-order valence-corrected chi connectivity index (χ3v) is 0.812. The molecule has 2 N–H and O–H groups in total. The Labute approximate surface area is 48.6 Å². The normalized spacial score (nSPS) is 11.5. The highest BCUT2D eigenvalue weighted by Gasteiger charge is 1.93. The molecule has 3 nitrogen and oxygen atoms in total. The van der Waals surface area contributed by atoms with Crippen LogP contribution in [0.5, 0.6) is 0 Å². The van der Waals surface area contributed by atoms with E-state index in [-0.39, 0.29) is 12.3 Å². The van der Waals surface area contributed by atoms with Crippen molar-refractivity contribution in [2.24, 2.45) is 10.7 Å². The highest BCUT2D eigenvalue weighted by molar-refractivity contribution is 5.98. The molecule has 1 amide bonds. The summed E-state index contributed by atoms with van der Waals surface area (Å²) in [5, 5.41) is 0. The molecule has 0 atom stereocenters. The van der Waals surface area contributed by atoms with Crippen LogP contribution in [0.15, 0.2) is 4.99 Å². The standard InChI is InChI=1S/C5H10N2O/c1-4(7-2)3-5(6)8/h3H2,1-2H3,(H2,6,8). The Morgan fingerprint density at radius 2 is 2.25 bits per heavy atom. The lowest BCUT2D eigenvalue weighted by molar-refractivity contribution is -0.116. The third kappa shape index (κ3) is 3.33. The molecule has 0 aromatic heterocycles. The van der Waals surface area contributed by atoms with Gasteiger partial charge in [0.25, 0.3) is 0 Å². The molecule has 0 aromatic carbocycles. The van der Waals surface area contributed by atoms with E-state index in [1.807, 2.05) is 0 Å². The fourth-order valence-electron chi connectivity index (χ4n) is 0.331. The van der Waals surface area contributed by atoms with Gasteiger partial charge in [-0.3, -0.25) is 9.79 Å². The van der Waals surface area contributed by atoms with E-state index in [2.05, 4.69) is 4.99 Å². The van der Waals surface area contributed by atoms with Crippen LogP contribution < -0.4 is 5.73 Å². The summed E-state index contributed by atoms with van der Waals surface area (Å²) in [6.07, 6.45) is 0.274. The van der Waals surface area contributed by atoms with Crippen LogP contribution in [-0.4, -0.2) is 18.7 Å². The van der Waals surface area contributed by atoms with E-state index in [1.54, 1.807) is 14.0 Å². The second-order valence-electron chi connectivity index (χ2n) is 1.60. The Balaban J connectivity index is 3.56. The lowest BCUT2D eigenvalue weighted by Crippen LogP contribution is -2.14. The second kappa shape index (κ2) is 3.18. The molecule has 0 aromatic rings. The van der Waals surface area contributed by atoms with Gasteiger partial charge in [0.2, 0.25) is 5.91 Å². The van der Waals surface area contributed by atoms with Crippen molar-refractivity contribution in [3.05, 3.63) is 0 Å². The SMILES string of the molecule is CN=C(C)CC(N)=O. The summed E-state index contributed by atoms with van der Waals surface area (Å²) in [5.41, 5.74) is 5.62. The predicted octanol–water partition coefficient (Wildman–Crippen LogP) is -0.0475. The lowest BCUT2D eigenvalue weighted by Gasteiger charge is -1.89. The minimum absolute atomic E-state index is 0.274. The summed E-state index contributed by atoms with van der Waals surface area (Å²) in [6, 6.07) is 0. The van der Waals surface area contributed by atoms with E-state index in [0.717, 1.165) is 5.71 Å². The van der Waals surface area contributed by atoms with Crippen LogP contribution in [0, 0.1) is 0 Å². The first-order valence-corrected chi connectivity index (χ1v) is 2.37. The maximum absolute atomic E-state index is 10.1. The molecule has 0 spiro atoms. The molecule has 46 valence electrons. The van der Waals surface area contributed by atoms with Gasteiger partial charge in [0.1, 0.15) is 0 Å². The van der Waals surface area contributed by atoms with Gasteiger partial charge < -0.3 is 5.73 Å². The lowest BCUT2D eigenvalue weighted by atomic mass is 10.3. The fourth-order valence-corrected chi connectivity index (χ4v) is 0.331. The largest absolute Gasteiger partial charge is 0.369 e. The number of amides is 1. The molecule has 0 saturated carbocycles. The molecule has 0 aliphatic rings. The monoisotopic (exact) mass is 114 g/mol. The zero-order valence-corrected chi connectivity index (χ0v) is 5.14. The molecule has 0 rings (SSSR count). The van der Waals surface area contributed by atoms with Crippen molar-refractivity contribution in [2.75, 3.05) is 7.05 Å². The molecule has 0 radical (unpaired) electrons. The minimum Gasteiger partial charge on any atom is -0.369 e. The van der Waals surface area contributed by atoms with E-state index >= 15 is 0 Å². The van der Waals surface area contributed by atoms with Crippen molar-refractivity contribution < 1.29 is 4.79 Å². The third-order valence-electron chi connectivity index (χ3n) is 0.812. The predicted molar refractivity (Wildman–Crippen MR) is 32.8 cm³/mol. The molecular weight excluding hydrogens is 104 g/mol. The first-order valence-electron chi connectivity index (χ1n) is 2.37. The average Bonchev–Trinajstić information content (AvgIpc) is 1.65. The number of hydrogen-bond donors (Lipinski definition) is 1. The van der Waals surface area contributed by atoms with Crippen molar-refractivity contribution in [2.45, 2.75) is 13.3 Å². The number of primary amides is 1. The van der Waals surface area contributed by atoms with Gasteiger partial charge in [-0.25, -0.2) is 0 Å². The molecule has 0 heterocycles. The Morgan fingerprint density at radius 3 is 2.38 bits per heavy atom. The van der Waals surface area contributed by atoms with Gasteiger partial charge in [0, 0.05) is 12.8 Å². The molecule has 0 aliphatic carbocycles. The number of carbonyl (C=O) groups excluding carboxylic acids is 1. The van der Waals surface area contributed by atoms with Crippen LogP contribution in [0.4, 0.5) is 0 Å². The summed E-state index contributed by atoms with van der Waals surface area (Å²) >= 11 is 0. The molecular formula is C5H10N2O. The smallest absolute Gasteiger partial charge is 0.223 e. The van der Waals surface area contributed by atoms with Crippen LogP contribution in [0.1, 0.15) is 13.3 Å². The first-order chi connectivity index (χ1) is 3.66.